The summed E-state index contributed by atoms with van der Waals surface area (Å²) in [5.41, 5.74) is 12.1. The van der Waals surface area contributed by atoms with Crippen LogP contribution in [0.2, 0.25) is 0 Å². The lowest BCUT2D eigenvalue weighted by Crippen LogP contribution is -2.58. The van der Waals surface area contributed by atoms with Gasteiger partial charge in [-0.3, -0.25) is 0 Å². The van der Waals surface area contributed by atoms with Gasteiger partial charge in [0.25, 0.3) is 0 Å². The molecule has 5 aromatic rings. The topological polar surface area (TPSA) is 52.6 Å². The Labute approximate surface area is 274 Å². The van der Waals surface area contributed by atoms with Gasteiger partial charge in [0, 0.05) is 36.4 Å². The molecule has 0 amide bonds. The monoisotopic (exact) mass is 627 g/mol. The Morgan fingerprint density at radius 3 is 2.20 bits per heavy atom. The Hall–Kier alpha value is -4.07. The fraction of sp³-hybridized carbons (Fsp3) is 0.282. The number of aryl methyl sites for hydroxylation is 1. The van der Waals surface area contributed by atoms with E-state index in [0.29, 0.717) is 18.0 Å². The molecule has 0 saturated heterocycles. The Balaban J connectivity index is 1.38. The summed E-state index contributed by atoms with van der Waals surface area (Å²) in [7, 11) is -3.64. The van der Waals surface area contributed by atoms with Crippen LogP contribution in [-0.4, -0.2) is 19.7 Å². The van der Waals surface area contributed by atoms with Gasteiger partial charge in [0.05, 0.1) is 4.90 Å². The number of nitrogens with one attached hydrogen (secondary N) is 1. The second kappa shape index (κ2) is 12.3. The summed E-state index contributed by atoms with van der Waals surface area (Å²) in [6.07, 6.45) is 4.39. The second-order valence-corrected chi connectivity index (χ2v) is 14.9. The zero-order valence-corrected chi connectivity index (χ0v) is 28.1. The van der Waals surface area contributed by atoms with Crippen LogP contribution in [0.5, 0.6) is 0 Å². The van der Waals surface area contributed by atoms with Gasteiger partial charge < -0.3 is 10.0 Å². The number of fused-ring (bicyclic) bond motifs is 1. The number of nitrogens with zero attached hydrogens (tertiary/aromatic N) is 2. The highest BCUT2D eigenvalue weighted by molar-refractivity contribution is 7.89. The first-order chi connectivity index (χ1) is 22.3. The van der Waals surface area contributed by atoms with Gasteiger partial charge in [0.2, 0.25) is 10.0 Å². The van der Waals surface area contributed by atoms with Crippen LogP contribution in [0.3, 0.4) is 0 Å². The van der Waals surface area contributed by atoms with E-state index in [4.69, 9.17) is 0 Å². The van der Waals surface area contributed by atoms with Crippen molar-refractivity contribution in [2.24, 2.45) is 0 Å². The molecule has 0 aromatic heterocycles. The molecule has 0 radical (unpaired) electrons. The van der Waals surface area contributed by atoms with Gasteiger partial charge in [-0.25, -0.2) is 8.42 Å². The average molecular weight is 628 g/mol. The number of sulfonamides is 1. The van der Waals surface area contributed by atoms with Crippen molar-refractivity contribution in [1.82, 2.24) is 4.31 Å². The summed E-state index contributed by atoms with van der Waals surface area (Å²) in [6, 6.07) is 31.1. The van der Waals surface area contributed by atoms with Crippen molar-refractivity contribution >= 4 is 44.6 Å². The van der Waals surface area contributed by atoms with Crippen LogP contribution in [0.4, 0.5) is 11.4 Å². The third kappa shape index (κ3) is 5.29. The number of anilines is 2. The van der Waals surface area contributed by atoms with Crippen LogP contribution in [0.1, 0.15) is 65.1 Å². The molecular formula is C39H42BN3O2S. The summed E-state index contributed by atoms with van der Waals surface area (Å²) < 4.78 is 29.5. The first-order valence-electron chi connectivity index (χ1n) is 16.6. The van der Waals surface area contributed by atoms with Crippen molar-refractivity contribution in [3.8, 4) is 0 Å². The Morgan fingerprint density at radius 1 is 0.783 bits per heavy atom. The summed E-state index contributed by atoms with van der Waals surface area (Å²) in [5, 5.41) is 6.47. The van der Waals surface area contributed by atoms with Gasteiger partial charge in [-0.2, -0.15) is 4.31 Å². The number of hydrogen-bond acceptors (Lipinski definition) is 4. The minimum absolute atomic E-state index is 0.107. The van der Waals surface area contributed by atoms with Crippen molar-refractivity contribution in [1.29, 1.82) is 0 Å². The van der Waals surface area contributed by atoms with Crippen molar-refractivity contribution in [2.75, 3.05) is 10.0 Å². The van der Waals surface area contributed by atoms with Gasteiger partial charge in [0.15, 0.2) is 0 Å². The molecule has 0 spiro atoms. The molecule has 5 nitrogen and oxygen atoms in total. The molecule has 0 saturated carbocycles. The van der Waals surface area contributed by atoms with Gasteiger partial charge in [-0.1, -0.05) is 92.1 Å². The lowest BCUT2D eigenvalue weighted by atomic mass is 9.58. The Kier molecular flexibility index (Phi) is 8.16. The highest BCUT2D eigenvalue weighted by atomic mass is 32.2. The molecule has 0 unspecified atom stereocenters. The van der Waals surface area contributed by atoms with Gasteiger partial charge >= 0.3 is 6.98 Å². The van der Waals surface area contributed by atoms with Crippen molar-refractivity contribution < 1.29 is 8.42 Å². The van der Waals surface area contributed by atoms with E-state index in [0.717, 1.165) is 49.0 Å². The number of hydrogen-bond donors (Lipinski definition) is 1. The van der Waals surface area contributed by atoms with E-state index >= 15 is 0 Å². The normalized spacial score (nSPS) is 14.5. The van der Waals surface area contributed by atoms with Gasteiger partial charge in [0.1, 0.15) is 0 Å². The molecule has 2 aliphatic rings. The minimum atomic E-state index is -3.64. The summed E-state index contributed by atoms with van der Waals surface area (Å²) in [6.45, 7) is 10.1. The summed E-state index contributed by atoms with van der Waals surface area (Å²) in [5.74, 6) is 0. The van der Waals surface area contributed by atoms with Crippen LogP contribution >= 0.6 is 0 Å². The van der Waals surface area contributed by atoms with Crippen molar-refractivity contribution in [2.45, 2.75) is 77.9 Å². The van der Waals surface area contributed by atoms with Crippen LogP contribution in [0.15, 0.2) is 95.9 Å². The molecule has 2 heterocycles. The maximum atomic E-state index is 13.9. The van der Waals surface area contributed by atoms with Crippen molar-refractivity contribution in [3.05, 3.63) is 130 Å². The molecular weight excluding hydrogens is 585 g/mol. The molecule has 234 valence electrons. The largest absolute Gasteiger partial charge is 0.409 e. The molecule has 5 aromatic carbocycles. The third-order valence-corrected chi connectivity index (χ3v) is 11.9. The standard InChI is InChI=1S/C39H42BN3O2S/c1-5-6-8-17-33-28(3)34-25-42(46(44,45)32-22-20-27(2)21-23-32)26-35(34)29(4)39(33)40-41-36-18-11-15-31-16-12-19-37(38(31)36)43(40)24-30-13-9-7-10-14-30/h7,9-16,18-23,41H,5-6,8,17,24-26H2,1-4H3. The predicted octanol–water partition coefficient (Wildman–Crippen LogP) is 8.03. The molecule has 0 aliphatic carbocycles. The SMILES string of the molecule is CCCCCc1c(C)c2c(c(C)c1B1Nc3cccc4cccc(c34)N1Cc1ccccc1)CN(S(=O)(=O)c1ccc(C)cc1)C2. The van der Waals surface area contributed by atoms with E-state index in [-0.39, 0.29) is 6.98 Å². The maximum Gasteiger partial charge on any atom is 0.409 e. The fourth-order valence-corrected chi connectivity index (χ4v) is 8.94. The quantitative estimate of drug-likeness (QED) is 0.133. The number of rotatable bonds is 9. The zero-order valence-electron chi connectivity index (χ0n) is 27.3. The molecule has 0 fully saturated rings. The lowest BCUT2D eigenvalue weighted by Gasteiger charge is -2.39. The van der Waals surface area contributed by atoms with E-state index in [9.17, 15) is 8.42 Å². The molecule has 0 atom stereocenters. The highest BCUT2D eigenvalue weighted by Crippen LogP contribution is 2.40. The molecule has 1 N–H and O–H groups in total. The second-order valence-electron chi connectivity index (χ2n) is 13.0. The van der Waals surface area contributed by atoms with Gasteiger partial charge in [-0.15, -0.1) is 0 Å². The lowest BCUT2D eigenvalue weighted by molar-refractivity contribution is 0.431. The van der Waals surface area contributed by atoms with Crippen LogP contribution in [0, 0.1) is 20.8 Å². The average Bonchev–Trinajstić information content (AvgIpc) is 3.53. The molecule has 7 rings (SSSR count). The molecule has 7 heteroatoms. The van der Waals surface area contributed by atoms with E-state index < -0.39 is 10.0 Å². The third-order valence-electron chi connectivity index (χ3n) is 10.1. The summed E-state index contributed by atoms with van der Waals surface area (Å²) >= 11 is 0. The highest BCUT2D eigenvalue weighted by Gasteiger charge is 2.40. The Morgan fingerprint density at radius 2 is 1.48 bits per heavy atom. The molecule has 2 aliphatic heterocycles. The smallest absolute Gasteiger partial charge is 0.405 e. The predicted molar refractivity (Wildman–Crippen MR) is 192 cm³/mol. The van der Waals surface area contributed by atoms with E-state index in [1.807, 2.05) is 19.1 Å². The van der Waals surface area contributed by atoms with E-state index in [1.165, 1.54) is 49.7 Å². The van der Waals surface area contributed by atoms with Crippen LogP contribution in [-0.2, 0) is 36.1 Å². The first kappa shape index (κ1) is 30.6. The number of unbranched alkanes of at least 4 members (excludes halogenated alkanes) is 2. The summed E-state index contributed by atoms with van der Waals surface area (Å²) in [4.78, 5) is 2.88. The van der Waals surface area contributed by atoms with Crippen LogP contribution < -0.4 is 15.5 Å². The molecule has 0 bridgehead atoms. The molecule has 46 heavy (non-hydrogen) atoms. The van der Waals surface area contributed by atoms with E-state index in [1.54, 1.807) is 16.4 Å². The maximum absolute atomic E-state index is 13.9. The van der Waals surface area contributed by atoms with Gasteiger partial charge in [-0.05, 0) is 102 Å². The van der Waals surface area contributed by atoms with E-state index in [2.05, 4.69) is 97.5 Å². The Bertz CT molecular complexity index is 2020. The number of benzene rings is 5. The first-order valence-corrected chi connectivity index (χ1v) is 18.0. The van der Waals surface area contributed by atoms with Crippen molar-refractivity contribution in [3.63, 3.8) is 0 Å². The fourth-order valence-electron chi connectivity index (χ4n) is 7.57. The van der Waals surface area contributed by atoms with Crippen LogP contribution in [0.25, 0.3) is 10.8 Å². The minimum Gasteiger partial charge on any atom is -0.405 e. The zero-order chi connectivity index (χ0) is 32.0.